The smallest absolute Gasteiger partial charge is 0.227 e. The molecule has 4 rings (SSSR count). The molecule has 0 unspecified atom stereocenters. The number of benzene rings is 3. The second-order valence-corrected chi connectivity index (χ2v) is 6.56. The highest BCUT2D eigenvalue weighted by Crippen LogP contribution is 2.36. The summed E-state index contributed by atoms with van der Waals surface area (Å²) in [6.45, 7) is 2.27. The van der Waals surface area contributed by atoms with Crippen LogP contribution in [0.5, 0.6) is 11.5 Å². The molecule has 5 heteroatoms. The van der Waals surface area contributed by atoms with Crippen molar-refractivity contribution < 1.29 is 18.7 Å². The molecule has 0 saturated heterocycles. The van der Waals surface area contributed by atoms with E-state index in [-0.39, 0.29) is 12.3 Å². The van der Waals surface area contributed by atoms with Crippen LogP contribution in [0, 0.1) is 6.92 Å². The second kappa shape index (κ2) is 7.64. The summed E-state index contributed by atoms with van der Waals surface area (Å²) in [5.74, 6) is 1.23. The van der Waals surface area contributed by atoms with Gasteiger partial charge in [0.05, 0.1) is 25.8 Å². The Hall–Kier alpha value is -3.47. The molecule has 1 heterocycles. The number of anilines is 1. The lowest BCUT2D eigenvalue weighted by Gasteiger charge is -2.11. The molecule has 0 saturated carbocycles. The van der Waals surface area contributed by atoms with E-state index in [0.717, 1.165) is 27.7 Å². The van der Waals surface area contributed by atoms with Crippen LogP contribution in [-0.4, -0.2) is 19.6 Å². The van der Waals surface area contributed by atoms with Gasteiger partial charge in [0.15, 0.2) is 0 Å². The van der Waals surface area contributed by atoms with Crippen LogP contribution in [0.2, 0.25) is 0 Å². The number of methoxy groups -OCH3 is 1. The van der Waals surface area contributed by atoms with Gasteiger partial charge in [0, 0.05) is 16.8 Å². The quantitative estimate of drug-likeness (QED) is 0.496. The lowest BCUT2D eigenvalue weighted by atomic mass is 10.1. The third kappa shape index (κ3) is 3.51. The number of carbonyl (C=O) groups is 1. The van der Waals surface area contributed by atoms with Crippen LogP contribution in [0.25, 0.3) is 21.9 Å². The number of para-hydroxylation sites is 2. The Kier molecular flexibility index (Phi) is 4.89. The van der Waals surface area contributed by atoms with Crippen LogP contribution in [0.1, 0.15) is 12.0 Å². The molecule has 0 radical (unpaired) electrons. The molecule has 0 aliphatic heterocycles. The SMILES string of the molecule is COc1cc2c(cc1NC(=O)CCOc1ccccc1C)oc1ccccc12. The molecule has 4 aromatic rings. The van der Waals surface area contributed by atoms with Crippen LogP contribution < -0.4 is 14.8 Å². The van der Waals surface area contributed by atoms with Crippen LogP contribution in [0.15, 0.2) is 65.1 Å². The Balaban J connectivity index is 1.49. The normalized spacial score (nSPS) is 10.9. The summed E-state index contributed by atoms with van der Waals surface area (Å²) in [6.07, 6.45) is 0.232. The Morgan fingerprint density at radius 3 is 2.57 bits per heavy atom. The average molecular weight is 375 g/mol. The summed E-state index contributed by atoms with van der Waals surface area (Å²) in [7, 11) is 1.58. The van der Waals surface area contributed by atoms with Gasteiger partial charge in [-0.05, 0) is 30.7 Å². The predicted molar refractivity (Wildman–Crippen MR) is 110 cm³/mol. The van der Waals surface area contributed by atoms with E-state index < -0.39 is 0 Å². The Labute approximate surface area is 162 Å². The molecular weight excluding hydrogens is 354 g/mol. The van der Waals surface area contributed by atoms with Crippen molar-refractivity contribution in [3.05, 3.63) is 66.2 Å². The fourth-order valence-corrected chi connectivity index (χ4v) is 3.20. The third-order valence-electron chi connectivity index (χ3n) is 4.65. The fraction of sp³-hybridized carbons (Fsp3) is 0.174. The van der Waals surface area contributed by atoms with Gasteiger partial charge in [0.25, 0.3) is 0 Å². The Morgan fingerprint density at radius 1 is 0.964 bits per heavy atom. The van der Waals surface area contributed by atoms with E-state index in [2.05, 4.69) is 5.32 Å². The van der Waals surface area contributed by atoms with E-state index in [4.69, 9.17) is 13.9 Å². The number of amides is 1. The van der Waals surface area contributed by atoms with Gasteiger partial charge in [-0.1, -0.05) is 36.4 Å². The van der Waals surface area contributed by atoms with E-state index in [1.807, 2.05) is 61.5 Å². The lowest BCUT2D eigenvalue weighted by molar-refractivity contribution is -0.116. The van der Waals surface area contributed by atoms with E-state index >= 15 is 0 Å². The van der Waals surface area contributed by atoms with Crippen molar-refractivity contribution in [1.29, 1.82) is 0 Å². The minimum Gasteiger partial charge on any atom is -0.495 e. The van der Waals surface area contributed by atoms with Crippen molar-refractivity contribution in [2.24, 2.45) is 0 Å². The van der Waals surface area contributed by atoms with Crippen LogP contribution in [0.4, 0.5) is 5.69 Å². The van der Waals surface area contributed by atoms with Crippen LogP contribution in [0.3, 0.4) is 0 Å². The van der Waals surface area contributed by atoms with Crippen LogP contribution >= 0.6 is 0 Å². The van der Waals surface area contributed by atoms with Crippen molar-refractivity contribution in [3.8, 4) is 11.5 Å². The molecule has 0 atom stereocenters. The summed E-state index contributed by atoms with van der Waals surface area (Å²) in [5.41, 5.74) is 3.12. The molecule has 3 aromatic carbocycles. The van der Waals surface area contributed by atoms with Crippen molar-refractivity contribution in [2.75, 3.05) is 19.0 Å². The molecule has 0 aliphatic rings. The summed E-state index contributed by atoms with van der Waals surface area (Å²) in [4.78, 5) is 12.4. The number of hydrogen-bond acceptors (Lipinski definition) is 4. The number of aryl methyl sites for hydroxylation is 1. The van der Waals surface area contributed by atoms with Crippen molar-refractivity contribution in [3.63, 3.8) is 0 Å². The van der Waals surface area contributed by atoms with E-state index in [9.17, 15) is 4.79 Å². The standard InChI is InChI=1S/C23H21NO4/c1-15-7-3-5-9-19(15)27-12-11-23(25)24-18-14-21-17(13-22(18)26-2)16-8-4-6-10-20(16)28-21/h3-10,13-14H,11-12H2,1-2H3,(H,24,25). The topological polar surface area (TPSA) is 60.7 Å². The summed E-state index contributed by atoms with van der Waals surface area (Å²) in [5, 5.41) is 4.86. The number of hydrogen-bond donors (Lipinski definition) is 1. The van der Waals surface area contributed by atoms with E-state index in [0.29, 0.717) is 23.6 Å². The number of rotatable bonds is 6. The maximum atomic E-state index is 12.4. The van der Waals surface area contributed by atoms with Gasteiger partial charge in [-0.2, -0.15) is 0 Å². The largest absolute Gasteiger partial charge is 0.495 e. The molecular formula is C23H21NO4. The Morgan fingerprint density at radius 2 is 1.75 bits per heavy atom. The minimum absolute atomic E-state index is 0.151. The number of ether oxygens (including phenoxy) is 2. The van der Waals surface area contributed by atoms with Gasteiger partial charge in [0.1, 0.15) is 22.7 Å². The van der Waals surface area contributed by atoms with Gasteiger partial charge in [-0.3, -0.25) is 4.79 Å². The van der Waals surface area contributed by atoms with Gasteiger partial charge in [-0.15, -0.1) is 0 Å². The van der Waals surface area contributed by atoms with Crippen molar-refractivity contribution in [2.45, 2.75) is 13.3 Å². The molecule has 0 spiro atoms. The monoisotopic (exact) mass is 375 g/mol. The first-order valence-corrected chi connectivity index (χ1v) is 9.13. The molecule has 5 nitrogen and oxygen atoms in total. The zero-order valence-electron chi connectivity index (χ0n) is 15.8. The van der Waals surface area contributed by atoms with Crippen molar-refractivity contribution >= 4 is 33.5 Å². The predicted octanol–water partition coefficient (Wildman–Crippen LogP) is 5.31. The minimum atomic E-state index is -0.151. The van der Waals surface area contributed by atoms with E-state index in [1.165, 1.54) is 0 Å². The fourth-order valence-electron chi connectivity index (χ4n) is 3.20. The summed E-state index contributed by atoms with van der Waals surface area (Å²) < 4.78 is 17.1. The lowest BCUT2D eigenvalue weighted by Crippen LogP contribution is -2.15. The average Bonchev–Trinajstić information content (AvgIpc) is 3.06. The van der Waals surface area contributed by atoms with Gasteiger partial charge >= 0.3 is 0 Å². The molecule has 0 bridgehead atoms. The first-order valence-electron chi connectivity index (χ1n) is 9.13. The third-order valence-corrected chi connectivity index (χ3v) is 4.65. The number of carbonyl (C=O) groups excluding carboxylic acids is 1. The molecule has 0 aliphatic carbocycles. The second-order valence-electron chi connectivity index (χ2n) is 6.56. The molecule has 142 valence electrons. The highest BCUT2D eigenvalue weighted by atomic mass is 16.5. The maximum Gasteiger partial charge on any atom is 0.227 e. The van der Waals surface area contributed by atoms with Crippen LogP contribution in [-0.2, 0) is 4.79 Å². The summed E-state index contributed by atoms with van der Waals surface area (Å²) >= 11 is 0. The zero-order valence-corrected chi connectivity index (χ0v) is 15.8. The molecule has 28 heavy (non-hydrogen) atoms. The molecule has 1 amide bonds. The Bertz CT molecular complexity index is 1150. The maximum absolute atomic E-state index is 12.4. The van der Waals surface area contributed by atoms with Gasteiger partial charge < -0.3 is 19.2 Å². The van der Waals surface area contributed by atoms with Gasteiger partial charge in [-0.25, -0.2) is 0 Å². The summed E-state index contributed by atoms with van der Waals surface area (Å²) in [6, 6.07) is 19.2. The van der Waals surface area contributed by atoms with E-state index in [1.54, 1.807) is 13.2 Å². The number of furan rings is 1. The molecule has 1 aromatic heterocycles. The molecule has 0 fully saturated rings. The highest BCUT2D eigenvalue weighted by molar-refractivity contribution is 6.07. The zero-order chi connectivity index (χ0) is 19.5. The number of nitrogens with one attached hydrogen (secondary N) is 1. The number of fused-ring (bicyclic) bond motifs is 3. The highest BCUT2D eigenvalue weighted by Gasteiger charge is 2.14. The van der Waals surface area contributed by atoms with Gasteiger partial charge in [0.2, 0.25) is 5.91 Å². The molecule has 1 N–H and O–H groups in total. The van der Waals surface area contributed by atoms with Crippen molar-refractivity contribution in [1.82, 2.24) is 0 Å². The first-order chi connectivity index (χ1) is 13.7. The first kappa shape index (κ1) is 17.9.